The Morgan fingerprint density at radius 2 is 1.88 bits per heavy atom. The molecule has 0 bridgehead atoms. The number of nitro benzene ring substituents is 1. The van der Waals surface area contributed by atoms with Crippen molar-refractivity contribution >= 4 is 28.9 Å². The predicted molar refractivity (Wildman–Crippen MR) is 98.1 cm³/mol. The predicted octanol–water partition coefficient (Wildman–Crippen LogP) is 4.22. The van der Waals surface area contributed by atoms with Crippen LogP contribution >= 0.6 is 11.6 Å². The molecule has 3 N–H and O–H groups in total. The minimum atomic E-state index is -0.724. The number of primary amides is 1. The summed E-state index contributed by atoms with van der Waals surface area (Å²) in [5.41, 5.74) is 6.14. The molecule has 0 radical (unpaired) electrons. The van der Waals surface area contributed by atoms with Crippen molar-refractivity contribution in [2.24, 2.45) is 5.73 Å². The summed E-state index contributed by atoms with van der Waals surface area (Å²) in [5.74, 6) is 0.540. The second-order valence-electron chi connectivity index (χ2n) is 5.48. The minimum absolute atomic E-state index is 0.0743. The van der Waals surface area contributed by atoms with Crippen LogP contribution < -0.4 is 11.1 Å². The van der Waals surface area contributed by atoms with E-state index in [9.17, 15) is 14.9 Å². The summed E-state index contributed by atoms with van der Waals surface area (Å²) in [4.78, 5) is 21.8. The number of carbonyl (C=O) groups is 1. The van der Waals surface area contributed by atoms with E-state index in [1.807, 2.05) is 18.2 Å². The molecule has 0 atom stereocenters. The van der Waals surface area contributed by atoms with E-state index in [0.717, 1.165) is 11.6 Å². The van der Waals surface area contributed by atoms with Gasteiger partial charge in [0.1, 0.15) is 17.2 Å². The number of anilines is 1. The molecule has 8 heteroatoms. The van der Waals surface area contributed by atoms with Crippen LogP contribution in [0.15, 0.2) is 59.0 Å². The van der Waals surface area contributed by atoms with Gasteiger partial charge < -0.3 is 15.5 Å². The fourth-order valence-corrected chi connectivity index (χ4v) is 2.54. The lowest BCUT2D eigenvalue weighted by atomic mass is 10.1. The van der Waals surface area contributed by atoms with Crippen LogP contribution in [0.1, 0.15) is 16.1 Å². The highest BCUT2D eigenvalue weighted by Gasteiger charge is 2.17. The monoisotopic (exact) mass is 371 g/mol. The number of nitrogens with zero attached hydrogens (tertiary/aromatic N) is 1. The zero-order chi connectivity index (χ0) is 18.7. The number of carbonyl (C=O) groups excluding carboxylic acids is 1. The Bertz CT molecular complexity index is 967. The summed E-state index contributed by atoms with van der Waals surface area (Å²) in [6.07, 6.45) is 0. The number of hydrogen-bond acceptors (Lipinski definition) is 5. The fourth-order valence-electron chi connectivity index (χ4n) is 2.41. The molecule has 0 aliphatic heterocycles. The maximum Gasteiger partial charge on any atom is 0.293 e. The van der Waals surface area contributed by atoms with E-state index in [1.165, 1.54) is 12.1 Å². The standard InChI is InChI=1S/C18H14ClN3O4/c19-13-4-1-11(2-5-13)17-8-6-14(26-17)10-21-15-7-3-12(18(20)23)9-16(15)22(24)25/h1-9,21H,10H2,(H2,20,23). The van der Waals surface area contributed by atoms with Crippen LogP contribution in [0, 0.1) is 10.1 Å². The maximum atomic E-state index is 11.2. The van der Waals surface area contributed by atoms with Crippen LogP contribution in [0.3, 0.4) is 0 Å². The SMILES string of the molecule is NC(=O)c1ccc(NCc2ccc(-c3ccc(Cl)cc3)o2)c([N+](=O)[O-])c1. The van der Waals surface area contributed by atoms with Gasteiger partial charge in [0.2, 0.25) is 5.91 Å². The number of halogens is 1. The first-order valence-electron chi connectivity index (χ1n) is 7.61. The van der Waals surface area contributed by atoms with Gasteiger partial charge in [-0.1, -0.05) is 11.6 Å². The van der Waals surface area contributed by atoms with Crippen LogP contribution in [0.2, 0.25) is 5.02 Å². The Labute approximate surface area is 153 Å². The molecule has 2 aromatic carbocycles. The molecule has 0 aliphatic rings. The summed E-state index contributed by atoms with van der Waals surface area (Å²) in [6.45, 7) is 0.240. The van der Waals surface area contributed by atoms with Gasteiger partial charge in [0.15, 0.2) is 0 Å². The van der Waals surface area contributed by atoms with Gasteiger partial charge in [-0.2, -0.15) is 0 Å². The average molecular weight is 372 g/mol. The molecular weight excluding hydrogens is 358 g/mol. The third-order valence-corrected chi connectivity index (χ3v) is 3.97. The molecule has 0 saturated heterocycles. The molecule has 1 aromatic heterocycles. The zero-order valence-electron chi connectivity index (χ0n) is 13.4. The minimum Gasteiger partial charge on any atom is -0.459 e. The topological polar surface area (TPSA) is 111 Å². The Morgan fingerprint density at radius 3 is 2.54 bits per heavy atom. The van der Waals surface area contributed by atoms with Crippen molar-refractivity contribution in [3.63, 3.8) is 0 Å². The van der Waals surface area contributed by atoms with Gasteiger partial charge in [0.25, 0.3) is 5.69 Å². The Morgan fingerprint density at radius 1 is 1.15 bits per heavy atom. The van der Waals surface area contributed by atoms with E-state index in [1.54, 1.807) is 18.2 Å². The smallest absolute Gasteiger partial charge is 0.293 e. The lowest BCUT2D eigenvalue weighted by molar-refractivity contribution is -0.384. The number of nitrogens with two attached hydrogens (primary N) is 1. The Kier molecular flexibility index (Phi) is 4.90. The summed E-state index contributed by atoms with van der Waals surface area (Å²) >= 11 is 5.87. The summed E-state index contributed by atoms with van der Waals surface area (Å²) < 4.78 is 5.74. The van der Waals surface area contributed by atoms with Crippen molar-refractivity contribution in [3.8, 4) is 11.3 Å². The van der Waals surface area contributed by atoms with Crippen LogP contribution in [-0.4, -0.2) is 10.8 Å². The van der Waals surface area contributed by atoms with E-state index in [2.05, 4.69) is 5.32 Å². The molecule has 1 heterocycles. The molecule has 3 rings (SSSR count). The van der Waals surface area contributed by atoms with E-state index in [0.29, 0.717) is 16.5 Å². The Balaban J connectivity index is 1.76. The number of nitro groups is 1. The summed E-state index contributed by atoms with van der Waals surface area (Å²) in [7, 11) is 0. The van der Waals surface area contributed by atoms with E-state index >= 15 is 0 Å². The largest absolute Gasteiger partial charge is 0.459 e. The van der Waals surface area contributed by atoms with Gasteiger partial charge in [-0.05, 0) is 48.5 Å². The van der Waals surface area contributed by atoms with Crippen LogP contribution in [0.4, 0.5) is 11.4 Å². The van der Waals surface area contributed by atoms with Crippen molar-refractivity contribution < 1.29 is 14.1 Å². The lowest BCUT2D eigenvalue weighted by Crippen LogP contribution is -2.12. The van der Waals surface area contributed by atoms with E-state index in [4.69, 9.17) is 21.8 Å². The lowest BCUT2D eigenvalue weighted by Gasteiger charge is -2.06. The molecule has 0 saturated carbocycles. The second-order valence-corrected chi connectivity index (χ2v) is 5.92. The van der Waals surface area contributed by atoms with Crippen molar-refractivity contribution in [2.45, 2.75) is 6.54 Å². The third-order valence-electron chi connectivity index (χ3n) is 3.72. The zero-order valence-corrected chi connectivity index (χ0v) is 14.2. The summed E-state index contributed by atoms with van der Waals surface area (Å²) in [6, 6.07) is 14.8. The number of benzene rings is 2. The molecule has 26 heavy (non-hydrogen) atoms. The first-order valence-corrected chi connectivity index (χ1v) is 7.98. The van der Waals surface area contributed by atoms with Crippen LogP contribution in [0.5, 0.6) is 0 Å². The normalized spacial score (nSPS) is 10.5. The van der Waals surface area contributed by atoms with Gasteiger partial charge in [-0.25, -0.2) is 0 Å². The molecule has 0 fully saturated rings. The molecular formula is C18H14ClN3O4. The van der Waals surface area contributed by atoms with Crippen molar-refractivity contribution in [1.29, 1.82) is 0 Å². The van der Waals surface area contributed by atoms with Crippen molar-refractivity contribution in [1.82, 2.24) is 0 Å². The fraction of sp³-hybridized carbons (Fsp3) is 0.0556. The van der Waals surface area contributed by atoms with E-state index in [-0.39, 0.29) is 23.5 Å². The molecule has 0 unspecified atom stereocenters. The van der Waals surface area contributed by atoms with E-state index < -0.39 is 10.8 Å². The van der Waals surface area contributed by atoms with Crippen molar-refractivity contribution in [2.75, 3.05) is 5.32 Å². The van der Waals surface area contributed by atoms with Crippen LogP contribution in [0.25, 0.3) is 11.3 Å². The van der Waals surface area contributed by atoms with Gasteiger partial charge >= 0.3 is 0 Å². The van der Waals surface area contributed by atoms with Gasteiger partial charge in [-0.15, -0.1) is 0 Å². The molecule has 0 spiro atoms. The highest BCUT2D eigenvalue weighted by Crippen LogP contribution is 2.28. The molecule has 0 aliphatic carbocycles. The molecule has 7 nitrogen and oxygen atoms in total. The van der Waals surface area contributed by atoms with Gasteiger partial charge in [-0.3, -0.25) is 14.9 Å². The second kappa shape index (κ2) is 7.28. The number of amides is 1. The van der Waals surface area contributed by atoms with Crippen LogP contribution in [-0.2, 0) is 6.54 Å². The number of furan rings is 1. The first kappa shape index (κ1) is 17.5. The molecule has 1 amide bonds. The van der Waals surface area contributed by atoms with Gasteiger partial charge in [0, 0.05) is 22.2 Å². The number of hydrogen-bond donors (Lipinski definition) is 2. The quantitative estimate of drug-likeness (QED) is 0.497. The van der Waals surface area contributed by atoms with Gasteiger partial charge in [0.05, 0.1) is 11.5 Å². The molecule has 132 valence electrons. The summed E-state index contributed by atoms with van der Waals surface area (Å²) in [5, 5.41) is 14.8. The Hall–Kier alpha value is -3.32. The first-order chi connectivity index (χ1) is 12.4. The number of rotatable bonds is 6. The maximum absolute atomic E-state index is 11.2. The third kappa shape index (κ3) is 3.84. The van der Waals surface area contributed by atoms with Crippen molar-refractivity contribution in [3.05, 3.63) is 81.1 Å². The molecule has 3 aromatic rings. The average Bonchev–Trinajstić information content (AvgIpc) is 3.09. The highest BCUT2D eigenvalue weighted by atomic mass is 35.5. The highest BCUT2D eigenvalue weighted by molar-refractivity contribution is 6.30. The number of nitrogens with one attached hydrogen (secondary N) is 1.